The summed E-state index contributed by atoms with van der Waals surface area (Å²) in [5.41, 5.74) is -0.917. The van der Waals surface area contributed by atoms with E-state index in [1.54, 1.807) is 0 Å². The van der Waals surface area contributed by atoms with Crippen molar-refractivity contribution in [1.29, 1.82) is 0 Å². The molecule has 0 aliphatic heterocycles. The fourth-order valence-electron chi connectivity index (χ4n) is 2.80. The zero-order valence-corrected chi connectivity index (χ0v) is 13.0. The van der Waals surface area contributed by atoms with E-state index in [2.05, 4.69) is 16.6 Å². The van der Waals surface area contributed by atoms with Gasteiger partial charge in [0.15, 0.2) is 11.6 Å². The van der Waals surface area contributed by atoms with Crippen LogP contribution < -0.4 is 10.6 Å². The van der Waals surface area contributed by atoms with Crippen molar-refractivity contribution in [2.45, 2.75) is 38.7 Å². The standard InChI is InChI=1S/C17H20F2N2O2/c1-3-11-8-12(18)15(13(19)9-11)21-16(23)20-10-17(2)7-5-4-6-14(17)22/h1,8-9,14,22H,4-7,10H2,2H3,(H2,20,21,23). The Hall–Kier alpha value is -2.13. The highest BCUT2D eigenvalue weighted by atomic mass is 19.1. The van der Waals surface area contributed by atoms with Gasteiger partial charge in [-0.15, -0.1) is 6.42 Å². The molecule has 3 N–H and O–H groups in total. The van der Waals surface area contributed by atoms with Crippen LogP contribution in [-0.2, 0) is 0 Å². The Morgan fingerprint density at radius 1 is 1.43 bits per heavy atom. The van der Waals surface area contributed by atoms with Gasteiger partial charge in [-0.2, -0.15) is 0 Å². The van der Waals surface area contributed by atoms with Crippen LogP contribution >= 0.6 is 0 Å². The van der Waals surface area contributed by atoms with Gasteiger partial charge in [-0.05, 0) is 25.0 Å². The number of nitrogens with one attached hydrogen (secondary N) is 2. The minimum Gasteiger partial charge on any atom is -0.392 e. The third-order valence-corrected chi connectivity index (χ3v) is 4.38. The molecular formula is C17H20F2N2O2. The van der Waals surface area contributed by atoms with Crippen LogP contribution in [0.15, 0.2) is 12.1 Å². The number of hydrogen-bond acceptors (Lipinski definition) is 2. The van der Waals surface area contributed by atoms with Crippen LogP contribution in [0.5, 0.6) is 0 Å². The average Bonchev–Trinajstić information content (AvgIpc) is 2.52. The molecule has 0 saturated heterocycles. The number of aliphatic hydroxyl groups excluding tert-OH is 1. The van der Waals surface area contributed by atoms with Crippen LogP contribution in [0.2, 0.25) is 0 Å². The largest absolute Gasteiger partial charge is 0.392 e. The molecule has 1 aliphatic rings. The van der Waals surface area contributed by atoms with E-state index in [0.717, 1.165) is 31.4 Å². The lowest BCUT2D eigenvalue weighted by Gasteiger charge is -2.38. The molecule has 4 nitrogen and oxygen atoms in total. The number of carbonyl (C=O) groups excluding carboxylic acids is 1. The van der Waals surface area contributed by atoms with Gasteiger partial charge < -0.3 is 15.7 Å². The van der Waals surface area contributed by atoms with Crippen molar-refractivity contribution in [2.75, 3.05) is 11.9 Å². The molecule has 0 heterocycles. The molecule has 2 unspecified atom stereocenters. The SMILES string of the molecule is C#Cc1cc(F)c(NC(=O)NCC2(C)CCCCC2O)c(F)c1. The number of hydrogen-bond donors (Lipinski definition) is 3. The van der Waals surface area contributed by atoms with Crippen molar-refractivity contribution in [1.82, 2.24) is 5.32 Å². The van der Waals surface area contributed by atoms with E-state index in [-0.39, 0.29) is 12.1 Å². The molecule has 1 aromatic rings. The Bertz CT molecular complexity index is 619. The molecule has 0 bridgehead atoms. The van der Waals surface area contributed by atoms with Gasteiger partial charge >= 0.3 is 6.03 Å². The molecule has 1 aromatic carbocycles. The number of carbonyl (C=O) groups is 1. The van der Waals surface area contributed by atoms with Gasteiger partial charge in [0.05, 0.1) is 6.10 Å². The normalized spacial score (nSPS) is 23.9. The second kappa shape index (κ2) is 6.97. The lowest BCUT2D eigenvalue weighted by atomic mass is 9.73. The van der Waals surface area contributed by atoms with Crippen LogP contribution in [0.3, 0.4) is 0 Å². The second-order valence-corrected chi connectivity index (χ2v) is 6.18. The number of urea groups is 1. The van der Waals surface area contributed by atoms with Gasteiger partial charge in [0.25, 0.3) is 0 Å². The molecule has 0 radical (unpaired) electrons. The van der Waals surface area contributed by atoms with Gasteiger partial charge in [0, 0.05) is 17.5 Å². The van der Waals surface area contributed by atoms with Crippen molar-refractivity contribution >= 4 is 11.7 Å². The van der Waals surface area contributed by atoms with Crippen molar-refractivity contribution in [3.05, 3.63) is 29.3 Å². The number of anilines is 1. The van der Waals surface area contributed by atoms with Gasteiger partial charge in [0.2, 0.25) is 0 Å². The van der Waals surface area contributed by atoms with Crippen LogP contribution in [0.25, 0.3) is 0 Å². The van der Waals surface area contributed by atoms with Crippen molar-refractivity contribution in [2.24, 2.45) is 5.41 Å². The van der Waals surface area contributed by atoms with E-state index in [0.29, 0.717) is 6.42 Å². The Balaban J connectivity index is 1.99. The van der Waals surface area contributed by atoms with Crippen LogP contribution in [0, 0.1) is 29.4 Å². The van der Waals surface area contributed by atoms with Gasteiger partial charge in [-0.1, -0.05) is 25.7 Å². The monoisotopic (exact) mass is 322 g/mol. The molecule has 2 amide bonds. The van der Waals surface area contributed by atoms with Crippen molar-refractivity contribution in [3.63, 3.8) is 0 Å². The molecule has 0 aromatic heterocycles. The lowest BCUT2D eigenvalue weighted by Crippen LogP contribution is -2.46. The molecule has 1 aliphatic carbocycles. The minimum absolute atomic E-state index is 0.0591. The summed E-state index contributed by atoms with van der Waals surface area (Å²) in [6.07, 6.45) is 8.01. The molecule has 124 valence electrons. The number of terminal acetylenes is 1. The third kappa shape index (κ3) is 3.99. The first-order valence-electron chi connectivity index (χ1n) is 7.54. The fourth-order valence-corrected chi connectivity index (χ4v) is 2.80. The second-order valence-electron chi connectivity index (χ2n) is 6.18. The van der Waals surface area contributed by atoms with Crippen molar-refractivity contribution in [3.8, 4) is 12.3 Å². The van der Waals surface area contributed by atoms with Gasteiger partial charge in [0.1, 0.15) is 5.69 Å². The van der Waals surface area contributed by atoms with Gasteiger partial charge in [-0.25, -0.2) is 13.6 Å². The topological polar surface area (TPSA) is 61.4 Å². The molecule has 2 rings (SSSR count). The Morgan fingerprint density at radius 3 is 2.65 bits per heavy atom. The maximum absolute atomic E-state index is 13.8. The summed E-state index contributed by atoms with van der Waals surface area (Å²) in [5, 5.41) is 14.8. The van der Waals surface area contributed by atoms with E-state index in [4.69, 9.17) is 6.42 Å². The van der Waals surface area contributed by atoms with E-state index in [1.165, 1.54) is 0 Å². The summed E-state index contributed by atoms with van der Waals surface area (Å²) in [4.78, 5) is 11.9. The summed E-state index contributed by atoms with van der Waals surface area (Å²) in [7, 11) is 0. The zero-order chi connectivity index (χ0) is 17.0. The molecule has 23 heavy (non-hydrogen) atoms. The molecule has 1 fully saturated rings. The third-order valence-electron chi connectivity index (χ3n) is 4.38. The highest BCUT2D eigenvalue weighted by Crippen LogP contribution is 2.35. The summed E-state index contributed by atoms with van der Waals surface area (Å²) in [6.45, 7) is 2.12. The lowest BCUT2D eigenvalue weighted by molar-refractivity contribution is 0.00332. The Labute approximate surface area is 134 Å². The zero-order valence-electron chi connectivity index (χ0n) is 13.0. The summed E-state index contributed by atoms with van der Waals surface area (Å²) in [5.74, 6) is 0.264. The average molecular weight is 322 g/mol. The molecule has 6 heteroatoms. The predicted molar refractivity (Wildman–Crippen MR) is 83.9 cm³/mol. The van der Waals surface area contributed by atoms with Crippen LogP contribution in [-0.4, -0.2) is 23.8 Å². The van der Waals surface area contributed by atoms with Crippen molar-refractivity contribution < 1.29 is 18.7 Å². The first-order chi connectivity index (χ1) is 10.9. The minimum atomic E-state index is -0.933. The molecule has 1 saturated carbocycles. The first kappa shape index (κ1) is 17.2. The molecule has 0 spiro atoms. The predicted octanol–water partition coefficient (Wildman–Crippen LogP) is 3.01. The smallest absolute Gasteiger partial charge is 0.319 e. The number of halogens is 2. The number of rotatable bonds is 3. The summed E-state index contributed by atoms with van der Waals surface area (Å²) < 4.78 is 27.5. The Morgan fingerprint density at radius 2 is 2.09 bits per heavy atom. The summed E-state index contributed by atoms with van der Waals surface area (Å²) >= 11 is 0. The van der Waals surface area contributed by atoms with Crippen LogP contribution in [0.4, 0.5) is 19.3 Å². The van der Waals surface area contributed by atoms with Gasteiger partial charge in [-0.3, -0.25) is 0 Å². The summed E-state index contributed by atoms with van der Waals surface area (Å²) in [6, 6.07) is 1.23. The quantitative estimate of drug-likeness (QED) is 0.749. The maximum Gasteiger partial charge on any atom is 0.319 e. The van der Waals surface area contributed by atoms with E-state index < -0.39 is 34.9 Å². The number of aliphatic hydroxyl groups is 1. The number of amides is 2. The Kier molecular flexibility index (Phi) is 5.22. The maximum atomic E-state index is 13.8. The van der Waals surface area contributed by atoms with E-state index in [1.807, 2.05) is 6.92 Å². The highest BCUT2D eigenvalue weighted by Gasteiger charge is 2.35. The van der Waals surface area contributed by atoms with E-state index >= 15 is 0 Å². The molecule has 2 atom stereocenters. The molecular weight excluding hydrogens is 302 g/mol. The number of benzene rings is 1. The first-order valence-corrected chi connectivity index (χ1v) is 7.54. The van der Waals surface area contributed by atoms with E-state index in [9.17, 15) is 18.7 Å². The fraction of sp³-hybridized carbons (Fsp3) is 0.471. The highest BCUT2D eigenvalue weighted by molar-refractivity contribution is 5.89. The van der Waals surface area contributed by atoms with Crippen LogP contribution in [0.1, 0.15) is 38.2 Å².